The standard InChI is InChI=1S/C8H13N3O4/c1-2-3-14-8-7(13)6(12)5(4-15-8)10-11-9/h2,5-8,12-13H,1,3-4H2/t5-,6-,7+,8-/m0/s1. The molecular weight excluding hydrogens is 202 g/mol. The Morgan fingerprint density at radius 1 is 1.60 bits per heavy atom. The quantitative estimate of drug-likeness (QED) is 0.296. The molecule has 1 aliphatic heterocycles. The Kier molecular flexibility index (Phi) is 4.54. The molecule has 0 bridgehead atoms. The van der Waals surface area contributed by atoms with Crippen LogP contribution in [0.2, 0.25) is 0 Å². The lowest BCUT2D eigenvalue weighted by molar-refractivity contribution is -0.243. The van der Waals surface area contributed by atoms with Crippen LogP contribution in [0.15, 0.2) is 17.8 Å². The summed E-state index contributed by atoms with van der Waals surface area (Å²) < 4.78 is 10.1. The van der Waals surface area contributed by atoms with Crippen LogP contribution in [-0.4, -0.2) is 48.0 Å². The summed E-state index contributed by atoms with van der Waals surface area (Å²) in [5.74, 6) is 0. The van der Waals surface area contributed by atoms with Crippen molar-refractivity contribution in [3.05, 3.63) is 23.1 Å². The summed E-state index contributed by atoms with van der Waals surface area (Å²) in [5.41, 5.74) is 8.20. The summed E-state index contributed by atoms with van der Waals surface area (Å²) in [6.45, 7) is 3.67. The number of azide groups is 1. The molecule has 2 N–H and O–H groups in total. The third kappa shape index (κ3) is 2.92. The number of hydrogen-bond acceptors (Lipinski definition) is 5. The predicted molar refractivity (Wildman–Crippen MR) is 50.8 cm³/mol. The summed E-state index contributed by atoms with van der Waals surface area (Å²) in [6, 6.07) is -0.784. The molecule has 7 nitrogen and oxygen atoms in total. The molecule has 0 aromatic rings. The van der Waals surface area contributed by atoms with E-state index in [1.807, 2.05) is 0 Å². The molecule has 1 heterocycles. The van der Waals surface area contributed by atoms with Gasteiger partial charge in [0.05, 0.1) is 25.4 Å². The Balaban J connectivity index is 2.55. The monoisotopic (exact) mass is 215 g/mol. The summed E-state index contributed by atoms with van der Waals surface area (Å²) in [7, 11) is 0. The maximum absolute atomic E-state index is 9.54. The van der Waals surface area contributed by atoms with Crippen molar-refractivity contribution >= 4 is 0 Å². The molecule has 0 spiro atoms. The van der Waals surface area contributed by atoms with E-state index in [2.05, 4.69) is 16.6 Å². The second-order valence-electron chi connectivity index (χ2n) is 3.08. The van der Waals surface area contributed by atoms with Gasteiger partial charge in [0.1, 0.15) is 6.10 Å². The number of nitrogens with zero attached hydrogens (tertiary/aromatic N) is 3. The minimum absolute atomic E-state index is 0.0180. The van der Waals surface area contributed by atoms with Crippen molar-refractivity contribution in [3.8, 4) is 0 Å². The van der Waals surface area contributed by atoms with Crippen LogP contribution in [0, 0.1) is 0 Å². The fourth-order valence-corrected chi connectivity index (χ4v) is 1.26. The maximum Gasteiger partial charge on any atom is 0.186 e. The molecule has 0 aliphatic carbocycles. The van der Waals surface area contributed by atoms with Crippen LogP contribution in [0.25, 0.3) is 10.4 Å². The van der Waals surface area contributed by atoms with Gasteiger partial charge < -0.3 is 19.7 Å². The Labute approximate surface area is 86.5 Å². The maximum atomic E-state index is 9.54. The van der Waals surface area contributed by atoms with Crippen LogP contribution in [0.4, 0.5) is 0 Å². The Morgan fingerprint density at radius 3 is 2.93 bits per heavy atom. The van der Waals surface area contributed by atoms with E-state index in [4.69, 9.17) is 15.0 Å². The molecular formula is C8H13N3O4. The van der Waals surface area contributed by atoms with E-state index < -0.39 is 24.5 Å². The van der Waals surface area contributed by atoms with E-state index in [-0.39, 0.29) is 13.2 Å². The highest BCUT2D eigenvalue weighted by atomic mass is 16.7. The molecule has 15 heavy (non-hydrogen) atoms. The minimum Gasteiger partial charge on any atom is -0.390 e. The van der Waals surface area contributed by atoms with Gasteiger partial charge in [0.15, 0.2) is 6.29 Å². The van der Waals surface area contributed by atoms with Gasteiger partial charge in [0.2, 0.25) is 0 Å². The van der Waals surface area contributed by atoms with Crippen LogP contribution in [0.1, 0.15) is 0 Å². The van der Waals surface area contributed by atoms with Crippen molar-refractivity contribution in [1.82, 2.24) is 0 Å². The highest BCUT2D eigenvalue weighted by Crippen LogP contribution is 2.18. The summed E-state index contributed by atoms with van der Waals surface area (Å²) >= 11 is 0. The van der Waals surface area contributed by atoms with Gasteiger partial charge in [0, 0.05) is 4.91 Å². The molecule has 7 heteroatoms. The topological polar surface area (TPSA) is 108 Å². The largest absolute Gasteiger partial charge is 0.390 e. The van der Waals surface area contributed by atoms with E-state index in [1.54, 1.807) is 0 Å². The molecule has 0 amide bonds. The minimum atomic E-state index is -1.23. The van der Waals surface area contributed by atoms with E-state index in [9.17, 15) is 10.2 Å². The number of ether oxygens (including phenoxy) is 2. The zero-order valence-corrected chi connectivity index (χ0v) is 8.06. The van der Waals surface area contributed by atoms with Gasteiger partial charge in [-0.1, -0.05) is 11.2 Å². The number of rotatable bonds is 4. The average Bonchev–Trinajstić information content (AvgIpc) is 2.24. The average molecular weight is 215 g/mol. The van der Waals surface area contributed by atoms with Crippen molar-refractivity contribution in [2.24, 2.45) is 5.11 Å². The third-order valence-corrected chi connectivity index (χ3v) is 2.03. The molecule has 1 rings (SSSR count). The fraction of sp³-hybridized carbons (Fsp3) is 0.750. The van der Waals surface area contributed by atoms with E-state index >= 15 is 0 Å². The number of hydrogen-bond donors (Lipinski definition) is 2. The molecule has 0 unspecified atom stereocenters. The first-order valence-corrected chi connectivity index (χ1v) is 4.45. The molecule has 84 valence electrons. The van der Waals surface area contributed by atoms with E-state index in [0.29, 0.717) is 0 Å². The van der Waals surface area contributed by atoms with Crippen molar-refractivity contribution < 1.29 is 19.7 Å². The zero-order valence-electron chi connectivity index (χ0n) is 8.06. The van der Waals surface area contributed by atoms with Crippen LogP contribution in [0.3, 0.4) is 0 Å². The SMILES string of the molecule is C=CCO[C@H]1OC[C@H](N=[N+]=[N-])[C@H](O)[C@H]1O. The second kappa shape index (κ2) is 5.69. The zero-order chi connectivity index (χ0) is 11.3. The lowest BCUT2D eigenvalue weighted by Gasteiger charge is -2.35. The van der Waals surface area contributed by atoms with Crippen molar-refractivity contribution in [3.63, 3.8) is 0 Å². The van der Waals surface area contributed by atoms with Crippen LogP contribution in [-0.2, 0) is 9.47 Å². The van der Waals surface area contributed by atoms with Crippen molar-refractivity contribution in [2.45, 2.75) is 24.5 Å². The predicted octanol–water partition coefficient (Wildman–Crippen LogP) is -0.0540. The van der Waals surface area contributed by atoms with Gasteiger partial charge in [-0.15, -0.1) is 6.58 Å². The van der Waals surface area contributed by atoms with Gasteiger partial charge in [0.25, 0.3) is 0 Å². The van der Waals surface area contributed by atoms with Gasteiger partial charge in [-0.2, -0.15) is 0 Å². The van der Waals surface area contributed by atoms with Crippen LogP contribution < -0.4 is 0 Å². The molecule has 1 fully saturated rings. The molecule has 4 atom stereocenters. The van der Waals surface area contributed by atoms with Crippen LogP contribution >= 0.6 is 0 Å². The first-order valence-electron chi connectivity index (χ1n) is 4.45. The van der Waals surface area contributed by atoms with Crippen LogP contribution in [0.5, 0.6) is 0 Å². The highest BCUT2D eigenvalue weighted by molar-refractivity contribution is 4.88. The Hall–Kier alpha value is -1.11. The molecule has 0 radical (unpaired) electrons. The lowest BCUT2D eigenvalue weighted by Crippen LogP contribution is -2.53. The van der Waals surface area contributed by atoms with Gasteiger partial charge >= 0.3 is 0 Å². The number of aliphatic hydroxyl groups is 2. The molecule has 1 aliphatic rings. The first-order chi connectivity index (χ1) is 7.20. The van der Waals surface area contributed by atoms with Crippen molar-refractivity contribution in [2.75, 3.05) is 13.2 Å². The van der Waals surface area contributed by atoms with Gasteiger partial charge in [-0.05, 0) is 5.53 Å². The molecule has 0 saturated carbocycles. The summed E-state index contributed by atoms with van der Waals surface area (Å²) in [4.78, 5) is 2.55. The molecule has 0 aromatic heterocycles. The fourth-order valence-electron chi connectivity index (χ4n) is 1.26. The first kappa shape index (κ1) is 12.0. The van der Waals surface area contributed by atoms with E-state index in [0.717, 1.165) is 0 Å². The Bertz CT molecular complexity index is 267. The molecule has 1 saturated heterocycles. The summed E-state index contributed by atoms with van der Waals surface area (Å²) in [5, 5.41) is 22.4. The lowest BCUT2D eigenvalue weighted by atomic mass is 10.0. The summed E-state index contributed by atoms with van der Waals surface area (Å²) in [6.07, 6.45) is -1.82. The van der Waals surface area contributed by atoms with Crippen molar-refractivity contribution in [1.29, 1.82) is 0 Å². The smallest absolute Gasteiger partial charge is 0.186 e. The normalized spacial score (nSPS) is 35.6. The number of aliphatic hydroxyl groups excluding tert-OH is 2. The molecule has 0 aromatic carbocycles. The third-order valence-electron chi connectivity index (χ3n) is 2.03. The Morgan fingerprint density at radius 2 is 2.33 bits per heavy atom. The second-order valence-corrected chi connectivity index (χ2v) is 3.08. The van der Waals surface area contributed by atoms with E-state index in [1.165, 1.54) is 6.08 Å². The van der Waals surface area contributed by atoms with Gasteiger partial charge in [-0.3, -0.25) is 0 Å². The highest BCUT2D eigenvalue weighted by Gasteiger charge is 2.38. The van der Waals surface area contributed by atoms with Gasteiger partial charge in [-0.25, -0.2) is 0 Å².